The molecule has 0 radical (unpaired) electrons. The van der Waals surface area contributed by atoms with E-state index in [2.05, 4.69) is 30.3 Å². The summed E-state index contributed by atoms with van der Waals surface area (Å²) in [4.78, 5) is 11.8. The molecule has 0 spiro atoms. The zero-order valence-electron chi connectivity index (χ0n) is 12.4. The molecule has 3 aromatic rings. The van der Waals surface area contributed by atoms with Crippen LogP contribution in [0.5, 0.6) is 0 Å². The van der Waals surface area contributed by atoms with Gasteiger partial charge in [0.15, 0.2) is 0 Å². The van der Waals surface area contributed by atoms with Crippen LogP contribution in [0.15, 0.2) is 72.8 Å². The fraction of sp³-hybridized carbons (Fsp3) is 0.150. The molecule has 0 unspecified atom stereocenters. The van der Waals surface area contributed by atoms with Crippen LogP contribution in [0, 0.1) is 0 Å². The van der Waals surface area contributed by atoms with Crippen molar-refractivity contribution in [3.63, 3.8) is 0 Å². The number of carbonyl (C=O) groups is 1. The molecule has 0 amide bonds. The molecular formula is C20H18O2. The summed E-state index contributed by atoms with van der Waals surface area (Å²) in [6.45, 7) is 0.345. The summed E-state index contributed by atoms with van der Waals surface area (Å²) in [6.07, 6.45) is 1.11. The lowest BCUT2D eigenvalue weighted by atomic mass is 10.0. The van der Waals surface area contributed by atoms with Gasteiger partial charge in [-0.1, -0.05) is 72.8 Å². The molecule has 0 bridgehead atoms. The van der Waals surface area contributed by atoms with Crippen molar-refractivity contribution < 1.29 is 9.53 Å². The number of benzene rings is 3. The van der Waals surface area contributed by atoms with Crippen LogP contribution in [0.4, 0.5) is 0 Å². The van der Waals surface area contributed by atoms with Gasteiger partial charge in [-0.05, 0) is 28.3 Å². The topological polar surface area (TPSA) is 26.3 Å². The zero-order chi connectivity index (χ0) is 15.2. The third kappa shape index (κ3) is 3.73. The summed E-state index contributed by atoms with van der Waals surface area (Å²) < 4.78 is 5.30. The Morgan fingerprint density at radius 2 is 1.50 bits per heavy atom. The van der Waals surface area contributed by atoms with Crippen molar-refractivity contribution in [3.8, 4) is 0 Å². The van der Waals surface area contributed by atoms with E-state index in [0.29, 0.717) is 19.4 Å². The van der Waals surface area contributed by atoms with Gasteiger partial charge in [0, 0.05) is 6.42 Å². The molecule has 2 nitrogen and oxygen atoms in total. The van der Waals surface area contributed by atoms with E-state index < -0.39 is 0 Å². The predicted molar refractivity (Wildman–Crippen MR) is 88.5 cm³/mol. The number of esters is 1. The minimum absolute atomic E-state index is 0.156. The van der Waals surface area contributed by atoms with E-state index in [1.165, 1.54) is 10.8 Å². The van der Waals surface area contributed by atoms with E-state index in [4.69, 9.17) is 4.74 Å². The number of aryl methyl sites for hydroxylation is 1. The van der Waals surface area contributed by atoms with Crippen LogP contribution < -0.4 is 0 Å². The molecule has 3 rings (SSSR count). The molecule has 0 N–H and O–H groups in total. The SMILES string of the molecule is O=C(CCc1ccc2ccccc2c1)OCc1ccccc1. The lowest BCUT2D eigenvalue weighted by Crippen LogP contribution is -2.05. The van der Waals surface area contributed by atoms with Crippen molar-refractivity contribution in [3.05, 3.63) is 83.9 Å². The smallest absolute Gasteiger partial charge is 0.306 e. The summed E-state index contributed by atoms with van der Waals surface area (Å²) >= 11 is 0. The number of rotatable bonds is 5. The zero-order valence-corrected chi connectivity index (χ0v) is 12.4. The number of hydrogen-bond donors (Lipinski definition) is 0. The van der Waals surface area contributed by atoms with E-state index in [9.17, 15) is 4.79 Å². The maximum absolute atomic E-state index is 11.8. The number of hydrogen-bond acceptors (Lipinski definition) is 2. The summed E-state index contributed by atoms with van der Waals surface area (Å²) in [5.41, 5.74) is 2.18. The summed E-state index contributed by atoms with van der Waals surface area (Å²) in [6, 6.07) is 24.3. The maximum atomic E-state index is 11.8. The molecule has 0 aliphatic rings. The first kappa shape index (κ1) is 14.3. The second-order valence-corrected chi connectivity index (χ2v) is 5.33. The second-order valence-electron chi connectivity index (χ2n) is 5.33. The Bertz CT molecular complexity index is 763. The van der Waals surface area contributed by atoms with Crippen LogP contribution in [-0.4, -0.2) is 5.97 Å². The molecule has 0 aliphatic carbocycles. The van der Waals surface area contributed by atoms with Gasteiger partial charge in [-0.25, -0.2) is 0 Å². The molecule has 0 aromatic heterocycles. The first-order chi connectivity index (χ1) is 10.8. The van der Waals surface area contributed by atoms with E-state index >= 15 is 0 Å². The highest BCUT2D eigenvalue weighted by Gasteiger charge is 2.05. The Hall–Kier alpha value is -2.61. The Morgan fingerprint density at radius 1 is 0.773 bits per heavy atom. The Balaban J connectivity index is 1.53. The molecule has 0 atom stereocenters. The highest BCUT2D eigenvalue weighted by atomic mass is 16.5. The van der Waals surface area contributed by atoms with E-state index in [-0.39, 0.29) is 5.97 Å². The van der Waals surface area contributed by atoms with Gasteiger partial charge >= 0.3 is 5.97 Å². The molecule has 0 saturated carbocycles. The number of fused-ring (bicyclic) bond motifs is 1. The highest BCUT2D eigenvalue weighted by molar-refractivity contribution is 5.83. The number of ether oxygens (including phenoxy) is 1. The van der Waals surface area contributed by atoms with Gasteiger partial charge < -0.3 is 4.74 Å². The highest BCUT2D eigenvalue weighted by Crippen LogP contribution is 2.16. The first-order valence-electron chi connectivity index (χ1n) is 7.48. The van der Waals surface area contributed by atoms with Crippen molar-refractivity contribution >= 4 is 16.7 Å². The van der Waals surface area contributed by atoms with Crippen molar-refractivity contribution in [2.75, 3.05) is 0 Å². The summed E-state index contributed by atoms with van der Waals surface area (Å²) in [5.74, 6) is -0.156. The first-order valence-corrected chi connectivity index (χ1v) is 7.48. The lowest BCUT2D eigenvalue weighted by Gasteiger charge is -2.06. The normalized spacial score (nSPS) is 10.5. The third-order valence-electron chi connectivity index (χ3n) is 3.67. The summed E-state index contributed by atoms with van der Waals surface area (Å²) in [5, 5.41) is 2.43. The van der Waals surface area contributed by atoms with Crippen LogP contribution in [0.3, 0.4) is 0 Å². The van der Waals surface area contributed by atoms with Crippen LogP contribution in [0.25, 0.3) is 10.8 Å². The lowest BCUT2D eigenvalue weighted by molar-refractivity contribution is -0.144. The maximum Gasteiger partial charge on any atom is 0.306 e. The van der Waals surface area contributed by atoms with Crippen LogP contribution in [0.2, 0.25) is 0 Å². The average molecular weight is 290 g/mol. The average Bonchev–Trinajstić information content (AvgIpc) is 2.59. The van der Waals surface area contributed by atoms with Crippen molar-refractivity contribution in [2.45, 2.75) is 19.4 Å². The molecular weight excluding hydrogens is 272 g/mol. The summed E-state index contributed by atoms with van der Waals surface area (Å²) in [7, 11) is 0. The van der Waals surface area contributed by atoms with Gasteiger partial charge in [0.05, 0.1) is 0 Å². The Kier molecular flexibility index (Phi) is 4.50. The van der Waals surface area contributed by atoms with Crippen molar-refractivity contribution in [1.82, 2.24) is 0 Å². The molecule has 0 saturated heterocycles. The monoisotopic (exact) mass is 290 g/mol. The van der Waals surface area contributed by atoms with Gasteiger partial charge in [-0.2, -0.15) is 0 Å². The Morgan fingerprint density at radius 3 is 2.32 bits per heavy atom. The molecule has 0 heterocycles. The van der Waals surface area contributed by atoms with Gasteiger partial charge in [0.25, 0.3) is 0 Å². The standard InChI is InChI=1S/C20H18O2/c21-20(22-15-17-6-2-1-3-7-17)13-11-16-10-12-18-8-4-5-9-19(18)14-16/h1-10,12,14H,11,13,15H2. The van der Waals surface area contributed by atoms with Gasteiger partial charge in [0.1, 0.15) is 6.61 Å². The van der Waals surface area contributed by atoms with Crippen LogP contribution in [-0.2, 0) is 22.6 Å². The largest absolute Gasteiger partial charge is 0.461 e. The van der Waals surface area contributed by atoms with E-state index in [1.807, 2.05) is 42.5 Å². The third-order valence-corrected chi connectivity index (χ3v) is 3.67. The fourth-order valence-corrected chi connectivity index (χ4v) is 2.45. The van der Waals surface area contributed by atoms with Crippen molar-refractivity contribution in [1.29, 1.82) is 0 Å². The Labute approximate surface area is 130 Å². The number of carbonyl (C=O) groups excluding carboxylic acids is 1. The van der Waals surface area contributed by atoms with Gasteiger partial charge in [0.2, 0.25) is 0 Å². The molecule has 110 valence electrons. The minimum atomic E-state index is -0.156. The minimum Gasteiger partial charge on any atom is -0.461 e. The fourth-order valence-electron chi connectivity index (χ4n) is 2.45. The predicted octanol–water partition coefficient (Wildman–Crippen LogP) is 4.52. The second kappa shape index (κ2) is 6.90. The van der Waals surface area contributed by atoms with E-state index in [1.54, 1.807) is 0 Å². The molecule has 22 heavy (non-hydrogen) atoms. The molecule has 3 aromatic carbocycles. The van der Waals surface area contributed by atoms with Crippen LogP contribution in [0.1, 0.15) is 17.5 Å². The molecule has 2 heteroatoms. The van der Waals surface area contributed by atoms with Gasteiger partial charge in [-0.3, -0.25) is 4.79 Å². The van der Waals surface area contributed by atoms with Crippen LogP contribution >= 0.6 is 0 Å². The van der Waals surface area contributed by atoms with Crippen molar-refractivity contribution in [2.24, 2.45) is 0 Å². The quantitative estimate of drug-likeness (QED) is 0.646. The van der Waals surface area contributed by atoms with Gasteiger partial charge in [-0.15, -0.1) is 0 Å². The molecule has 0 fully saturated rings. The molecule has 0 aliphatic heterocycles. The van der Waals surface area contributed by atoms with E-state index in [0.717, 1.165) is 11.1 Å².